The standard InChI is InChI=1S/C22H24ClN4O2P/c1-12-21(30)27(20-18(25-12)9-8-17(26-20)13-4-5-13)19(24)15-10-14(6-7-16(15)23)29-11-22(2,3)28/h6-10,13,24,28,30H,4-5,11H2,1-3H3. The van der Waals surface area contributed by atoms with Crippen molar-refractivity contribution in [3.63, 3.8) is 0 Å². The van der Waals surface area contributed by atoms with E-state index < -0.39 is 5.60 Å². The number of hydrogen-bond donors (Lipinski definition) is 2. The van der Waals surface area contributed by atoms with Crippen LogP contribution in [0.4, 0.5) is 0 Å². The van der Waals surface area contributed by atoms with Crippen LogP contribution in [0.15, 0.2) is 30.3 Å². The molecule has 0 aliphatic heterocycles. The molecule has 0 spiro atoms. The highest BCUT2D eigenvalue weighted by Gasteiger charge is 2.26. The molecule has 0 atom stereocenters. The average Bonchev–Trinajstić information content (AvgIpc) is 3.52. The lowest BCUT2D eigenvalue weighted by Gasteiger charge is -2.19. The minimum atomic E-state index is -0.966. The van der Waals surface area contributed by atoms with Crippen LogP contribution in [-0.4, -0.2) is 37.7 Å². The Morgan fingerprint density at radius 3 is 2.70 bits per heavy atom. The largest absolute Gasteiger partial charge is 0.491 e. The second kappa shape index (κ2) is 7.77. The van der Waals surface area contributed by atoms with Crippen LogP contribution in [0.1, 0.15) is 49.6 Å². The Hall–Kier alpha value is -2.27. The molecular weight excluding hydrogens is 419 g/mol. The number of hydrogen-bond acceptors (Lipinski definition) is 5. The number of nitrogens with zero attached hydrogens (tertiary/aromatic N) is 3. The number of fused-ring (bicyclic) bond motifs is 1. The van der Waals surface area contributed by atoms with Crippen LogP contribution in [0.5, 0.6) is 5.75 Å². The fraction of sp³-hybridized carbons (Fsp3) is 0.364. The topological polar surface area (TPSA) is 84.0 Å². The third-order valence-corrected chi connectivity index (χ3v) is 5.86. The van der Waals surface area contributed by atoms with Gasteiger partial charge in [-0.2, -0.15) is 0 Å². The zero-order valence-corrected chi connectivity index (χ0v) is 18.9. The highest BCUT2D eigenvalue weighted by Crippen LogP contribution is 2.39. The van der Waals surface area contributed by atoms with Gasteiger partial charge in [0.2, 0.25) is 0 Å². The van der Waals surface area contributed by atoms with Crippen LogP contribution in [0, 0.1) is 17.4 Å². The summed E-state index contributed by atoms with van der Waals surface area (Å²) in [7, 11) is 3.65. The molecule has 1 aliphatic carbocycles. The molecule has 0 amide bonds. The Balaban J connectivity index is 1.82. The van der Waals surface area contributed by atoms with Gasteiger partial charge in [0.05, 0.1) is 21.4 Å². The summed E-state index contributed by atoms with van der Waals surface area (Å²) in [4.78, 5) is 9.44. The molecule has 1 aromatic carbocycles. The van der Waals surface area contributed by atoms with Crippen molar-refractivity contribution in [2.45, 2.75) is 45.1 Å². The summed E-state index contributed by atoms with van der Waals surface area (Å²) in [6, 6.07) is 9.11. The van der Waals surface area contributed by atoms with Gasteiger partial charge in [-0.1, -0.05) is 20.5 Å². The van der Waals surface area contributed by atoms with E-state index in [9.17, 15) is 5.11 Å². The molecule has 156 valence electrons. The number of aryl methyl sites for hydroxylation is 1. The van der Waals surface area contributed by atoms with Crippen molar-refractivity contribution in [2.24, 2.45) is 0 Å². The summed E-state index contributed by atoms with van der Waals surface area (Å²) in [5, 5.41) is 20.0. The lowest BCUT2D eigenvalue weighted by Crippen LogP contribution is -2.28. The van der Waals surface area contributed by atoms with Crippen molar-refractivity contribution in [1.29, 1.82) is 5.41 Å². The van der Waals surface area contributed by atoms with Gasteiger partial charge >= 0.3 is 0 Å². The van der Waals surface area contributed by atoms with Crippen LogP contribution in [0.25, 0.3) is 11.2 Å². The normalized spacial score (nSPS) is 14.2. The molecule has 4 rings (SSSR count). The van der Waals surface area contributed by atoms with Gasteiger partial charge in [-0.15, -0.1) is 0 Å². The van der Waals surface area contributed by atoms with Gasteiger partial charge in [-0.25, -0.2) is 9.97 Å². The van der Waals surface area contributed by atoms with Crippen LogP contribution in [0.3, 0.4) is 0 Å². The van der Waals surface area contributed by atoms with Gasteiger partial charge in [0.1, 0.15) is 23.7 Å². The second-order valence-corrected chi connectivity index (χ2v) is 9.21. The van der Waals surface area contributed by atoms with Gasteiger partial charge in [0.15, 0.2) is 5.65 Å². The summed E-state index contributed by atoms with van der Waals surface area (Å²) in [6.07, 6.45) is 2.28. The van der Waals surface area contributed by atoms with Gasteiger partial charge < -0.3 is 9.84 Å². The number of aliphatic hydroxyl groups is 1. The smallest absolute Gasteiger partial charge is 0.165 e. The van der Waals surface area contributed by atoms with Crippen molar-refractivity contribution >= 4 is 37.5 Å². The second-order valence-electron chi connectivity index (χ2n) is 8.33. The third kappa shape index (κ3) is 4.27. The van der Waals surface area contributed by atoms with Crippen molar-refractivity contribution in [2.75, 3.05) is 6.61 Å². The summed E-state index contributed by atoms with van der Waals surface area (Å²) in [6.45, 7) is 5.35. The molecule has 0 unspecified atom stereocenters. The zero-order chi connectivity index (χ0) is 21.6. The average molecular weight is 443 g/mol. The Morgan fingerprint density at radius 1 is 1.30 bits per heavy atom. The first kappa shape index (κ1) is 21.0. The summed E-state index contributed by atoms with van der Waals surface area (Å²) < 4.78 is 7.42. The van der Waals surface area contributed by atoms with E-state index in [-0.39, 0.29) is 12.4 Å². The fourth-order valence-corrected chi connectivity index (χ4v) is 3.67. The summed E-state index contributed by atoms with van der Waals surface area (Å²) >= 11 is 6.46. The number of rotatable bonds is 5. The fourth-order valence-electron chi connectivity index (χ4n) is 3.19. The van der Waals surface area contributed by atoms with Crippen LogP contribution in [0.2, 0.25) is 5.02 Å². The summed E-state index contributed by atoms with van der Waals surface area (Å²) in [5.74, 6) is 1.17. The Labute approximate surface area is 182 Å². The maximum atomic E-state index is 9.93. The van der Waals surface area contributed by atoms with E-state index >= 15 is 0 Å². The highest BCUT2D eigenvalue weighted by atomic mass is 35.5. The van der Waals surface area contributed by atoms with Crippen molar-refractivity contribution in [3.05, 3.63) is 57.4 Å². The van der Waals surface area contributed by atoms with E-state index in [1.807, 2.05) is 19.1 Å². The molecule has 1 aliphatic rings. The van der Waals surface area contributed by atoms with Gasteiger partial charge in [0.25, 0.3) is 0 Å². The molecule has 6 nitrogen and oxygen atoms in total. The predicted molar refractivity (Wildman–Crippen MR) is 121 cm³/mol. The lowest BCUT2D eigenvalue weighted by atomic mass is 10.1. The first-order valence-electron chi connectivity index (χ1n) is 9.83. The number of halogens is 1. The van der Waals surface area contributed by atoms with Crippen LogP contribution >= 0.6 is 20.5 Å². The van der Waals surface area contributed by atoms with Gasteiger partial charge in [-0.3, -0.25) is 9.98 Å². The Morgan fingerprint density at radius 2 is 2.03 bits per heavy atom. The molecular formula is C22H24ClN4O2P. The van der Waals surface area contributed by atoms with E-state index in [4.69, 9.17) is 26.7 Å². The monoisotopic (exact) mass is 442 g/mol. The maximum Gasteiger partial charge on any atom is 0.165 e. The summed E-state index contributed by atoms with van der Waals surface area (Å²) in [5.41, 5.74) is 2.63. The number of nitrogens with one attached hydrogen (secondary N) is 1. The molecule has 2 N–H and O–H groups in total. The molecule has 8 heteroatoms. The highest BCUT2D eigenvalue weighted by molar-refractivity contribution is 7.07. The van der Waals surface area contributed by atoms with Gasteiger partial charge in [0, 0.05) is 17.2 Å². The van der Waals surface area contributed by atoms with E-state index in [0.717, 1.165) is 24.2 Å². The molecule has 1 saturated carbocycles. The molecule has 0 radical (unpaired) electrons. The molecule has 1 fully saturated rings. The van der Waals surface area contributed by atoms with Crippen molar-refractivity contribution in [1.82, 2.24) is 14.5 Å². The molecule has 0 bridgehead atoms. The minimum Gasteiger partial charge on any atom is -0.491 e. The number of aromatic nitrogens is 3. The Bertz CT molecular complexity index is 1210. The van der Waals surface area contributed by atoms with E-state index in [1.165, 1.54) is 0 Å². The zero-order valence-electron chi connectivity index (χ0n) is 17.2. The minimum absolute atomic E-state index is 0.126. The van der Waals surface area contributed by atoms with Gasteiger partial charge in [-0.05, 0) is 63.9 Å². The number of pyridine rings is 1. The van der Waals surface area contributed by atoms with Crippen molar-refractivity contribution in [3.8, 4) is 5.75 Å². The van der Waals surface area contributed by atoms with E-state index in [0.29, 0.717) is 38.5 Å². The van der Waals surface area contributed by atoms with E-state index in [1.54, 1.807) is 36.6 Å². The number of benzene rings is 1. The molecule has 2 aromatic heterocycles. The molecule has 0 saturated heterocycles. The molecule has 2 heterocycles. The van der Waals surface area contributed by atoms with E-state index in [2.05, 4.69) is 13.8 Å². The third-order valence-electron chi connectivity index (χ3n) is 4.95. The first-order valence-corrected chi connectivity index (χ1v) is 10.7. The molecule has 30 heavy (non-hydrogen) atoms. The Kier molecular flexibility index (Phi) is 5.43. The lowest BCUT2D eigenvalue weighted by molar-refractivity contribution is 0.0285. The SMILES string of the molecule is Cc1nc2ccc(C3CC3)nc2n(C(=N)c2cc(OCC(C)(C)O)ccc2Cl)c1=P. The van der Waals surface area contributed by atoms with Crippen molar-refractivity contribution < 1.29 is 9.84 Å². The first-order chi connectivity index (χ1) is 14.1. The number of ether oxygens (including phenoxy) is 1. The quantitative estimate of drug-likeness (QED) is 0.332. The predicted octanol–water partition coefficient (Wildman–Crippen LogP) is 4.97. The van der Waals surface area contributed by atoms with Crippen LogP contribution < -0.4 is 4.74 Å². The van der Waals surface area contributed by atoms with Crippen LogP contribution in [-0.2, 0) is 0 Å². The maximum absolute atomic E-state index is 9.93. The molecule has 3 aromatic rings.